The Morgan fingerprint density at radius 1 is 0.913 bits per heavy atom. The van der Waals surface area contributed by atoms with E-state index < -0.39 is 0 Å². The van der Waals surface area contributed by atoms with Gasteiger partial charge in [0.15, 0.2) is 5.43 Å². The van der Waals surface area contributed by atoms with Crippen LogP contribution in [0.4, 0.5) is 0 Å². The third-order valence-electron chi connectivity index (χ3n) is 3.91. The van der Waals surface area contributed by atoms with Crippen LogP contribution >= 0.6 is 0 Å². The summed E-state index contributed by atoms with van der Waals surface area (Å²) in [5.74, 6) is 0. The van der Waals surface area contributed by atoms with Crippen LogP contribution in [-0.4, -0.2) is 4.57 Å². The molecule has 0 amide bonds. The van der Waals surface area contributed by atoms with Gasteiger partial charge in [-0.2, -0.15) is 0 Å². The first-order chi connectivity index (χ1) is 11.1. The number of hydrogen-bond acceptors (Lipinski definition) is 1. The van der Waals surface area contributed by atoms with E-state index in [0.29, 0.717) is 11.1 Å². The third kappa shape index (κ3) is 3.02. The van der Waals surface area contributed by atoms with E-state index in [9.17, 15) is 4.79 Å². The highest BCUT2D eigenvalue weighted by atomic mass is 16.1. The van der Waals surface area contributed by atoms with Gasteiger partial charge in [0.25, 0.3) is 0 Å². The minimum Gasteiger partial charge on any atom is -0.356 e. The number of pyridine rings is 1. The monoisotopic (exact) mass is 301 g/mol. The zero-order valence-corrected chi connectivity index (χ0v) is 13.4. The van der Waals surface area contributed by atoms with Crippen LogP contribution in [0.25, 0.3) is 27.8 Å². The first kappa shape index (κ1) is 15.0. The standard InChI is InChI=1S/C21H19NO/c1-15(2)17-10-7-11-18(12-17)20-14-22(3)13-19(21(20)23)16-8-5-4-6-9-16/h4-14H,1H2,2-3H3. The Labute approximate surface area is 136 Å². The predicted octanol–water partition coefficient (Wildman–Crippen LogP) is 4.75. The van der Waals surface area contributed by atoms with Gasteiger partial charge >= 0.3 is 0 Å². The zero-order chi connectivity index (χ0) is 16.4. The molecule has 0 N–H and O–H groups in total. The highest BCUT2D eigenvalue weighted by Gasteiger charge is 2.11. The summed E-state index contributed by atoms with van der Waals surface area (Å²) in [5, 5.41) is 0. The zero-order valence-electron chi connectivity index (χ0n) is 13.4. The van der Waals surface area contributed by atoms with Gasteiger partial charge < -0.3 is 4.57 Å². The van der Waals surface area contributed by atoms with Gasteiger partial charge in [0.05, 0.1) is 0 Å². The van der Waals surface area contributed by atoms with Crippen molar-refractivity contribution in [3.05, 3.63) is 89.4 Å². The lowest BCUT2D eigenvalue weighted by Crippen LogP contribution is -2.11. The quantitative estimate of drug-likeness (QED) is 0.684. The number of rotatable bonds is 3. The molecule has 0 bridgehead atoms. The molecule has 23 heavy (non-hydrogen) atoms. The fourth-order valence-corrected chi connectivity index (χ4v) is 2.69. The van der Waals surface area contributed by atoms with E-state index in [-0.39, 0.29) is 5.43 Å². The molecule has 3 rings (SSSR count). The van der Waals surface area contributed by atoms with Crippen molar-refractivity contribution < 1.29 is 0 Å². The lowest BCUT2D eigenvalue weighted by Gasteiger charge is -2.10. The molecular weight excluding hydrogens is 282 g/mol. The van der Waals surface area contributed by atoms with Crippen LogP contribution < -0.4 is 5.43 Å². The molecule has 0 aliphatic rings. The van der Waals surface area contributed by atoms with Crippen LogP contribution in [0.3, 0.4) is 0 Å². The SMILES string of the molecule is C=C(C)c1cccc(-c2cn(C)cc(-c3ccccc3)c2=O)c1. The summed E-state index contributed by atoms with van der Waals surface area (Å²) in [5.41, 5.74) is 5.36. The fraction of sp³-hybridized carbons (Fsp3) is 0.0952. The molecule has 0 saturated heterocycles. The largest absolute Gasteiger partial charge is 0.356 e. The van der Waals surface area contributed by atoms with Crippen molar-refractivity contribution in [1.82, 2.24) is 4.57 Å². The minimum atomic E-state index is 0.0492. The number of benzene rings is 2. The summed E-state index contributed by atoms with van der Waals surface area (Å²) in [6.07, 6.45) is 3.76. The molecule has 114 valence electrons. The van der Waals surface area contributed by atoms with Crippen LogP contribution in [-0.2, 0) is 7.05 Å². The Morgan fingerprint density at radius 2 is 1.52 bits per heavy atom. The second-order valence-electron chi connectivity index (χ2n) is 5.81. The van der Waals surface area contributed by atoms with Crippen molar-refractivity contribution in [3.63, 3.8) is 0 Å². The normalized spacial score (nSPS) is 10.5. The van der Waals surface area contributed by atoms with E-state index in [1.807, 2.05) is 85.5 Å². The first-order valence-corrected chi connectivity index (χ1v) is 7.58. The summed E-state index contributed by atoms with van der Waals surface area (Å²) in [6, 6.07) is 17.7. The van der Waals surface area contributed by atoms with Gasteiger partial charge in [-0.25, -0.2) is 0 Å². The maximum absolute atomic E-state index is 13.0. The molecule has 0 aliphatic heterocycles. The maximum Gasteiger partial charge on any atom is 0.197 e. The number of nitrogens with zero attached hydrogens (tertiary/aromatic N) is 1. The van der Waals surface area contributed by atoms with Gasteiger partial charge in [-0.1, -0.05) is 60.7 Å². The van der Waals surface area contributed by atoms with Crippen LogP contribution in [0, 0.1) is 0 Å². The molecule has 0 fully saturated rings. The van der Waals surface area contributed by atoms with Gasteiger partial charge in [-0.15, -0.1) is 0 Å². The maximum atomic E-state index is 13.0. The summed E-state index contributed by atoms with van der Waals surface area (Å²) in [4.78, 5) is 13.0. The summed E-state index contributed by atoms with van der Waals surface area (Å²) < 4.78 is 1.94. The van der Waals surface area contributed by atoms with Gasteiger partial charge in [-0.05, 0) is 29.7 Å². The van der Waals surface area contributed by atoms with Gasteiger partial charge in [-0.3, -0.25) is 4.79 Å². The molecule has 2 nitrogen and oxygen atoms in total. The minimum absolute atomic E-state index is 0.0492. The predicted molar refractivity (Wildman–Crippen MR) is 97.3 cm³/mol. The van der Waals surface area contributed by atoms with Crippen LogP contribution in [0.1, 0.15) is 12.5 Å². The Balaban J connectivity index is 2.22. The average molecular weight is 301 g/mol. The molecule has 0 spiro atoms. The third-order valence-corrected chi connectivity index (χ3v) is 3.91. The molecular formula is C21H19NO. The molecule has 1 heterocycles. The molecule has 1 aromatic heterocycles. The van der Waals surface area contributed by atoms with Crippen LogP contribution in [0.15, 0.2) is 78.4 Å². The lowest BCUT2D eigenvalue weighted by molar-refractivity contribution is 0.904. The van der Waals surface area contributed by atoms with Crippen molar-refractivity contribution >= 4 is 5.57 Å². The molecule has 0 radical (unpaired) electrons. The lowest BCUT2D eigenvalue weighted by atomic mass is 9.98. The fourth-order valence-electron chi connectivity index (χ4n) is 2.69. The van der Waals surface area contributed by atoms with E-state index in [1.54, 1.807) is 0 Å². The Morgan fingerprint density at radius 3 is 2.17 bits per heavy atom. The van der Waals surface area contributed by atoms with E-state index in [0.717, 1.165) is 22.3 Å². The van der Waals surface area contributed by atoms with Crippen molar-refractivity contribution in [2.24, 2.45) is 7.05 Å². The smallest absolute Gasteiger partial charge is 0.197 e. The molecule has 3 aromatic rings. The van der Waals surface area contributed by atoms with E-state index in [2.05, 4.69) is 6.58 Å². The van der Waals surface area contributed by atoms with Gasteiger partial charge in [0.2, 0.25) is 0 Å². The molecule has 2 heteroatoms. The van der Waals surface area contributed by atoms with Crippen molar-refractivity contribution in [1.29, 1.82) is 0 Å². The van der Waals surface area contributed by atoms with Crippen LogP contribution in [0.5, 0.6) is 0 Å². The second kappa shape index (κ2) is 6.09. The average Bonchev–Trinajstić information content (AvgIpc) is 2.57. The molecule has 0 aliphatic carbocycles. The second-order valence-corrected chi connectivity index (χ2v) is 5.81. The Hall–Kier alpha value is -2.87. The highest BCUT2D eigenvalue weighted by Crippen LogP contribution is 2.23. The Kier molecular flexibility index (Phi) is 3.98. The van der Waals surface area contributed by atoms with Crippen LogP contribution in [0.2, 0.25) is 0 Å². The van der Waals surface area contributed by atoms with E-state index in [4.69, 9.17) is 0 Å². The molecule has 0 saturated carbocycles. The molecule has 2 aromatic carbocycles. The summed E-state index contributed by atoms with van der Waals surface area (Å²) in [6.45, 7) is 5.95. The highest BCUT2D eigenvalue weighted by molar-refractivity contribution is 5.74. The van der Waals surface area contributed by atoms with Gasteiger partial charge in [0, 0.05) is 30.6 Å². The van der Waals surface area contributed by atoms with Crippen molar-refractivity contribution in [3.8, 4) is 22.3 Å². The number of aromatic nitrogens is 1. The van der Waals surface area contributed by atoms with Crippen molar-refractivity contribution in [2.45, 2.75) is 6.92 Å². The molecule has 0 atom stereocenters. The van der Waals surface area contributed by atoms with E-state index in [1.165, 1.54) is 0 Å². The summed E-state index contributed by atoms with van der Waals surface area (Å²) in [7, 11) is 1.94. The number of hydrogen-bond donors (Lipinski definition) is 0. The first-order valence-electron chi connectivity index (χ1n) is 7.58. The Bertz CT molecular complexity index is 920. The summed E-state index contributed by atoms with van der Waals surface area (Å²) >= 11 is 0. The van der Waals surface area contributed by atoms with Crippen molar-refractivity contribution in [2.75, 3.05) is 0 Å². The number of aryl methyl sites for hydroxylation is 1. The topological polar surface area (TPSA) is 22.0 Å². The molecule has 0 unspecified atom stereocenters. The van der Waals surface area contributed by atoms with Gasteiger partial charge in [0.1, 0.15) is 0 Å². The number of allylic oxidation sites excluding steroid dienone is 1. The van der Waals surface area contributed by atoms with E-state index >= 15 is 0 Å².